The molecule has 2 heterocycles. The molecule has 6 nitrogen and oxygen atoms in total. The molecule has 1 saturated heterocycles. The largest absolute Gasteiger partial charge is 0.329 e. The molecular weight excluding hydrogens is 383 g/mol. The Labute approximate surface area is 136 Å². The summed E-state index contributed by atoms with van der Waals surface area (Å²) in [5.74, 6) is -0.129. The number of para-hydroxylation sites is 1. The molecule has 1 aromatic rings. The molecule has 7 heteroatoms. The number of carbonyl (C=O) groups excluding carboxylic acids is 2. The van der Waals surface area contributed by atoms with Crippen LogP contribution in [0.5, 0.6) is 0 Å². The van der Waals surface area contributed by atoms with E-state index in [2.05, 4.69) is 11.4 Å². The highest BCUT2D eigenvalue weighted by Gasteiger charge is 2.56. The number of hydrogen-bond donors (Lipinski definition) is 1. The minimum Gasteiger partial charge on any atom is -0.325 e. The summed E-state index contributed by atoms with van der Waals surface area (Å²) in [7, 11) is 1.63. The van der Waals surface area contributed by atoms with E-state index in [4.69, 9.17) is 0 Å². The molecule has 0 aromatic heterocycles. The third-order valence-corrected chi connectivity index (χ3v) is 4.55. The maximum Gasteiger partial charge on any atom is 0.329 e. The first kappa shape index (κ1) is 14.1. The molecule has 2 aliphatic heterocycles. The van der Waals surface area contributed by atoms with E-state index in [0.717, 1.165) is 11.3 Å². The first-order valence-corrected chi connectivity index (χ1v) is 7.47. The number of nitrogens with one attached hydrogen (secondary N) is 1. The SMILES string of the molecule is CN(I)C(=O)N1C[C@]2(C[C@H]1C#N)C(=O)Nc1ccccc12. The molecule has 108 valence electrons. The number of benzene rings is 1. The summed E-state index contributed by atoms with van der Waals surface area (Å²) < 4.78 is 1.40. The van der Waals surface area contributed by atoms with E-state index in [-0.39, 0.29) is 18.5 Å². The van der Waals surface area contributed by atoms with E-state index in [1.165, 1.54) is 8.01 Å². The Morgan fingerprint density at radius 1 is 1.57 bits per heavy atom. The van der Waals surface area contributed by atoms with Crippen LogP contribution in [0.25, 0.3) is 0 Å². The zero-order valence-corrected chi connectivity index (χ0v) is 13.5. The van der Waals surface area contributed by atoms with Gasteiger partial charge in [0.05, 0.1) is 34.3 Å². The minimum atomic E-state index is -0.806. The van der Waals surface area contributed by atoms with Gasteiger partial charge in [0.15, 0.2) is 0 Å². The van der Waals surface area contributed by atoms with Gasteiger partial charge in [-0.25, -0.2) is 4.79 Å². The Hall–Kier alpha value is -1.82. The van der Waals surface area contributed by atoms with E-state index < -0.39 is 11.5 Å². The lowest BCUT2D eigenvalue weighted by Crippen LogP contribution is -2.42. The number of hydrogen-bond acceptors (Lipinski definition) is 3. The van der Waals surface area contributed by atoms with Crippen LogP contribution in [0.1, 0.15) is 12.0 Å². The smallest absolute Gasteiger partial charge is 0.325 e. The summed E-state index contributed by atoms with van der Waals surface area (Å²) in [6, 6.07) is 8.77. The van der Waals surface area contributed by atoms with Crippen molar-refractivity contribution < 1.29 is 9.59 Å². The van der Waals surface area contributed by atoms with Crippen molar-refractivity contribution in [3.8, 4) is 6.07 Å². The summed E-state index contributed by atoms with van der Waals surface area (Å²) in [6.07, 6.45) is 0.336. The lowest BCUT2D eigenvalue weighted by Gasteiger charge is -2.24. The van der Waals surface area contributed by atoms with Gasteiger partial charge in [0, 0.05) is 25.7 Å². The molecule has 1 fully saturated rings. The maximum atomic E-state index is 12.5. The second-order valence-corrected chi connectivity index (χ2v) is 6.77. The molecule has 0 radical (unpaired) electrons. The highest BCUT2D eigenvalue weighted by Crippen LogP contribution is 2.46. The second kappa shape index (κ2) is 4.87. The molecule has 2 aliphatic rings. The third kappa shape index (κ3) is 1.97. The standard InChI is InChI=1S/C14H13IN4O2/c1-18(15)13(21)19-8-14(6-9(19)7-16)10-4-2-3-5-11(10)17-12(14)20/h2-5,9H,6,8H2,1H3,(H,17,20)/t9-,14-/m0/s1. The van der Waals surface area contributed by atoms with Crippen LogP contribution < -0.4 is 5.32 Å². The predicted octanol–water partition coefficient (Wildman–Crippen LogP) is 1.88. The van der Waals surface area contributed by atoms with Gasteiger partial charge in [0.1, 0.15) is 6.04 Å². The molecule has 2 atom stereocenters. The average molecular weight is 396 g/mol. The predicted molar refractivity (Wildman–Crippen MR) is 84.7 cm³/mol. The second-order valence-electron chi connectivity index (χ2n) is 5.32. The van der Waals surface area contributed by atoms with Gasteiger partial charge in [0.25, 0.3) is 0 Å². The monoisotopic (exact) mass is 396 g/mol. The number of fused-ring (bicyclic) bond motifs is 2. The molecule has 0 saturated carbocycles. The zero-order chi connectivity index (χ0) is 15.2. The zero-order valence-electron chi connectivity index (χ0n) is 11.3. The Morgan fingerprint density at radius 3 is 2.95 bits per heavy atom. The van der Waals surface area contributed by atoms with Gasteiger partial charge in [0.2, 0.25) is 5.91 Å². The van der Waals surface area contributed by atoms with E-state index in [9.17, 15) is 14.9 Å². The fraction of sp³-hybridized carbons (Fsp3) is 0.357. The third-order valence-electron chi connectivity index (χ3n) is 4.14. The van der Waals surface area contributed by atoms with Crippen LogP contribution in [0.2, 0.25) is 0 Å². The van der Waals surface area contributed by atoms with Crippen molar-refractivity contribution in [1.29, 1.82) is 5.26 Å². The van der Waals surface area contributed by atoms with E-state index in [1.54, 1.807) is 7.05 Å². The van der Waals surface area contributed by atoms with Gasteiger partial charge >= 0.3 is 6.03 Å². The number of halogens is 1. The molecule has 1 N–H and O–H groups in total. The van der Waals surface area contributed by atoms with E-state index in [0.29, 0.717) is 6.42 Å². The van der Waals surface area contributed by atoms with Gasteiger partial charge in [-0.1, -0.05) is 18.2 Å². The van der Waals surface area contributed by atoms with Gasteiger partial charge in [-0.3, -0.25) is 7.91 Å². The van der Waals surface area contributed by atoms with Crippen molar-refractivity contribution in [2.75, 3.05) is 18.9 Å². The van der Waals surface area contributed by atoms with Crippen LogP contribution in [0.15, 0.2) is 24.3 Å². The first-order valence-electron chi connectivity index (χ1n) is 6.50. The van der Waals surface area contributed by atoms with Crippen LogP contribution in [-0.2, 0) is 10.2 Å². The van der Waals surface area contributed by atoms with Crippen molar-refractivity contribution in [1.82, 2.24) is 8.01 Å². The van der Waals surface area contributed by atoms with E-state index >= 15 is 0 Å². The summed E-state index contributed by atoms with van der Waals surface area (Å²) in [5, 5.41) is 12.2. The number of nitriles is 1. The topological polar surface area (TPSA) is 76.4 Å². The number of anilines is 1. The maximum absolute atomic E-state index is 12.5. The molecule has 0 bridgehead atoms. The Morgan fingerprint density at radius 2 is 2.29 bits per heavy atom. The lowest BCUT2D eigenvalue weighted by molar-refractivity contribution is -0.120. The van der Waals surface area contributed by atoms with Crippen molar-refractivity contribution >= 4 is 40.5 Å². The van der Waals surface area contributed by atoms with Crippen LogP contribution in [-0.4, -0.2) is 39.6 Å². The fourth-order valence-electron chi connectivity index (χ4n) is 3.13. The van der Waals surface area contributed by atoms with Gasteiger partial charge < -0.3 is 10.2 Å². The average Bonchev–Trinajstić information content (AvgIpc) is 2.99. The lowest BCUT2D eigenvalue weighted by atomic mass is 9.80. The minimum absolute atomic E-state index is 0.129. The molecule has 21 heavy (non-hydrogen) atoms. The molecule has 0 aliphatic carbocycles. The van der Waals surface area contributed by atoms with Crippen LogP contribution in [0, 0.1) is 11.3 Å². The van der Waals surface area contributed by atoms with Gasteiger partial charge in [-0.2, -0.15) is 5.26 Å². The number of urea groups is 1. The summed E-state index contributed by atoms with van der Waals surface area (Å²) in [4.78, 5) is 26.2. The molecule has 1 aromatic carbocycles. The highest BCUT2D eigenvalue weighted by molar-refractivity contribution is 14.1. The van der Waals surface area contributed by atoms with Crippen molar-refractivity contribution in [3.63, 3.8) is 0 Å². The van der Waals surface area contributed by atoms with Crippen LogP contribution >= 0.6 is 22.9 Å². The first-order chi connectivity index (χ1) is 9.99. The van der Waals surface area contributed by atoms with Gasteiger partial charge in [-0.05, 0) is 11.6 Å². The van der Waals surface area contributed by atoms with Crippen LogP contribution in [0.4, 0.5) is 10.5 Å². The number of amides is 3. The highest BCUT2D eigenvalue weighted by atomic mass is 127. The Balaban J connectivity index is 2.03. The number of rotatable bonds is 0. The molecule has 3 rings (SSSR count). The molecule has 1 spiro atoms. The molecule has 0 unspecified atom stereocenters. The summed E-state index contributed by atoms with van der Waals surface area (Å²) >= 11 is 1.87. The molecule has 3 amide bonds. The van der Waals surface area contributed by atoms with E-state index in [1.807, 2.05) is 47.1 Å². The van der Waals surface area contributed by atoms with Crippen molar-refractivity contribution in [2.24, 2.45) is 0 Å². The number of likely N-dealkylation sites (tertiary alicyclic amines) is 1. The number of carbonyl (C=O) groups is 2. The van der Waals surface area contributed by atoms with Crippen molar-refractivity contribution in [2.45, 2.75) is 17.9 Å². The molecular formula is C14H13IN4O2. The quantitative estimate of drug-likeness (QED) is 0.538. The number of nitrogens with zero attached hydrogens (tertiary/aromatic N) is 3. The fourth-order valence-corrected chi connectivity index (χ4v) is 3.41. The Bertz CT molecular complexity index is 669. The van der Waals surface area contributed by atoms with Crippen LogP contribution in [0.3, 0.4) is 0 Å². The normalized spacial score (nSPS) is 26.4. The van der Waals surface area contributed by atoms with Gasteiger partial charge in [-0.15, -0.1) is 0 Å². The summed E-state index contributed by atoms with van der Waals surface area (Å²) in [6.45, 7) is 0.236. The summed E-state index contributed by atoms with van der Waals surface area (Å²) in [5.41, 5.74) is 0.845. The Kier molecular flexibility index (Phi) is 3.28. The van der Waals surface area contributed by atoms with Crippen molar-refractivity contribution in [3.05, 3.63) is 29.8 Å².